The molecule has 2 nitrogen and oxygen atoms in total. The summed E-state index contributed by atoms with van der Waals surface area (Å²) in [4.78, 5) is 2.26. The summed E-state index contributed by atoms with van der Waals surface area (Å²) in [6.07, 6.45) is 3.50. The number of hydrogen-bond donors (Lipinski definition) is 0. The Morgan fingerprint density at radius 1 is 1.75 bits per heavy atom. The highest BCUT2D eigenvalue weighted by molar-refractivity contribution is 4.78. The zero-order valence-corrected chi connectivity index (χ0v) is 5.26. The van der Waals surface area contributed by atoms with Gasteiger partial charge in [0.1, 0.15) is 0 Å². The van der Waals surface area contributed by atoms with Crippen LogP contribution in [0.1, 0.15) is 6.42 Å². The van der Waals surface area contributed by atoms with Gasteiger partial charge in [0.25, 0.3) is 0 Å². The molecule has 1 saturated heterocycles. The van der Waals surface area contributed by atoms with Gasteiger partial charge in [0.2, 0.25) is 0 Å². The molecule has 0 unspecified atom stereocenters. The first-order valence-corrected chi connectivity index (χ1v) is 2.96. The Kier molecular flexibility index (Phi) is 2.30. The first kappa shape index (κ1) is 6.05. The maximum Gasteiger partial charge on any atom is 0.0986 e. The second-order valence-electron chi connectivity index (χ2n) is 2.07. The minimum Gasteiger partial charge on any atom is -0.369 e. The number of rotatable bonds is 2. The number of hydrogen-bond acceptors (Lipinski definition) is 2. The van der Waals surface area contributed by atoms with Crippen molar-refractivity contribution in [3.8, 4) is 0 Å². The first-order valence-electron chi connectivity index (χ1n) is 2.96. The largest absolute Gasteiger partial charge is 0.369 e. The van der Waals surface area contributed by atoms with E-state index in [1.165, 1.54) is 13.0 Å². The van der Waals surface area contributed by atoms with Crippen LogP contribution in [0.2, 0.25) is 0 Å². The maximum absolute atomic E-state index is 4.93. The second kappa shape index (κ2) is 3.05. The molecule has 1 aliphatic rings. The third kappa shape index (κ3) is 1.46. The SMILES string of the molecule is COCN1C[CH]CC1. The van der Waals surface area contributed by atoms with Crippen LogP contribution in [0, 0.1) is 6.42 Å². The topological polar surface area (TPSA) is 12.5 Å². The molecule has 0 spiro atoms. The van der Waals surface area contributed by atoms with Gasteiger partial charge in [-0.2, -0.15) is 0 Å². The minimum atomic E-state index is 0.788. The molecule has 0 aromatic rings. The van der Waals surface area contributed by atoms with Crippen molar-refractivity contribution in [3.05, 3.63) is 6.42 Å². The van der Waals surface area contributed by atoms with Crippen LogP contribution in [0.5, 0.6) is 0 Å². The van der Waals surface area contributed by atoms with Gasteiger partial charge in [0.15, 0.2) is 0 Å². The van der Waals surface area contributed by atoms with Crippen LogP contribution >= 0.6 is 0 Å². The summed E-state index contributed by atoms with van der Waals surface area (Å²) in [7, 11) is 1.73. The smallest absolute Gasteiger partial charge is 0.0986 e. The molecule has 1 heterocycles. The lowest BCUT2D eigenvalue weighted by Crippen LogP contribution is -2.21. The van der Waals surface area contributed by atoms with E-state index in [4.69, 9.17) is 4.74 Å². The third-order valence-electron chi connectivity index (χ3n) is 1.35. The van der Waals surface area contributed by atoms with Crippen molar-refractivity contribution in [2.24, 2.45) is 0 Å². The van der Waals surface area contributed by atoms with Gasteiger partial charge in [-0.05, 0) is 12.8 Å². The highest BCUT2D eigenvalue weighted by Gasteiger charge is 2.09. The normalized spacial score (nSPS) is 22.1. The van der Waals surface area contributed by atoms with Crippen molar-refractivity contribution in [1.82, 2.24) is 4.90 Å². The van der Waals surface area contributed by atoms with E-state index in [1.54, 1.807) is 7.11 Å². The zero-order valence-electron chi connectivity index (χ0n) is 5.26. The number of likely N-dealkylation sites (tertiary alicyclic amines) is 1. The molecule has 1 fully saturated rings. The van der Waals surface area contributed by atoms with Gasteiger partial charge in [-0.3, -0.25) is 4.90 Å². The molecule has 0 amide bonds. The van der Waals surface area contributed by atoms with E-state index in [1.807, 2.05) is 0 Å². The zero-order chi connectivity index (χ0) is 5.82. The molecule has 1 rings (SSSR count). The summed E-state index contributed by atoms with van der Waals surface area (Å²) in [5.41, 5.74) is 0. The Labute approximate surface area is 50.4 Å². The Morgan fingerprint density at radius 3 is 3.12 bits per heavy atom. The maximum atomic E-state index is 4.93. The lowest BCUT2D eigenvalue weighted by atomic mass is 10.4. The molecule has 0 saturated carbocycles. The molecular weight excluding hydrogens is 102 g/mol. The predicted molar refractivity (Wildman–Crippen MR) is 32.4 cm³/mol. The standard InChI is InChI=1S/C6H12NO/c1-8-6-7-4-2-3-5-7/h2H,3-6H2,1H3. The number of methoxy groups -OCH3 is 1. The van der Waals surface area contributed by atoms with Crippen molar-refractivity contribution in [1.29, 1.82) is 0 Å². The van der Waals surface area contributed by atoms with E-state index in [0.29, 0.717) is 0 Å². The van der Waals surface area contributed by atoms with E-state index < -0.39 is 0 Å². The van der Waals surface area contributed by atoms with Crippen LogP contribution in [0.15, 0.2) is 0 Å². The highest BCUT2D eigenvalue weighted by atomic mass is 16.5. The molecule has 2 heteroatoms. The molecule has 0 aromatic carbocycles. The monoisotopic (exact) mass is 114 g/mol. The molecule has 8 heavy (non-hydrogen) atoms. The fraction of sp³-hybridized carbons (Fsp3) is 0.833. The molecule has 1 aliphatic heterocycles. The quantitative estimate of drug-likeness (QED) is 0.518. The summed E-state index contributed by atoms with van der Waals surface area (Å²) >= 11 is 0. The Bertz CT molecular complexity index is 59.5. The van der Waals surface area contributed by atoms with Gasteiger partial charge in [-0.1, -0.05) is 0 Å². The lowest BCUT2D eigenvalue weighted by molar-refractivity contribution is 0.0823. The van der Waals surface area contributed by atoms with Gasteiger partial charge in [0, 0.05) is 20.2 Å². The van der Waals surface area contributed by atoms with Crippen LogP contribution in [-0.4, -0.2) is 31.8 Å². The van der Waals surface area contributed by atoms with Crippen molar-refractivity contribution in [3.63, 3.8) is 0 Å². The summed E-state index contributed by atoms with van der Waals surface area (Å²) in [6, 6.07) is 0. The average molecular weight is 114 g/mol. The van der Waals surface area contributed by atoms with Gasteiger partial charge in [0.05, 0.1) is 6.73 Å². The van der Waals surface area contributed by atoms with E-state index in [2.05, 4.69) is 11.3 Å². The van der Waals surface area contributed by atoms with Crippen LogP contribution in [0.4, 0.5) is 0 Å². The van der Waals surface area contributed by atoms with Gasteiger partial charge in [-0.25, -0.2) is 0 Å². The van der Waals surface area contributed by atoms with Crippen molar-refractivity contribution in [2.75, 3.05) is 26.9 Å². The van der Waals surface area contributed by atoms with E-state index in [-0.39, 0.29) is 0 Å². The summed E-state index contributed by atoms with van der Waals surface area (Å²) in [6.45, 7) is 3.07. The molecule has 1 radical (unpaired) electrons. The number of nitrogens with zero attached hydrogens (tertiary/aromatic N) is 1. The van der Waals surface area contributed by atoms with Gasteiger partial charge >= 0.3 is 0 Å². The Morgan fingerprint density at radius 2 is 2.62 bits per heavy atom. The minimum absolute atomic E-state index is 0.788. The van der Waals surface area contributed by atoms with E-state index in [9.17, 15) is 0 Å². The fourth-order valence-corrected chi connectivity index (χ4v) is 0.939. The fourth-order valence-electron chi connectivity index (χ4n) is 0.939. The van der Waals surface area contributed by atoms with Crippen molar-refractivity contribution in [2.45, 2.75) is 6.42 Å². The predicted octanol–water partition coefficient (Wildman–Crippen LogP) is 0.500. The van der Waals surface area contributed by atoms with E-state index in [0.717, 1.165) is 13.3 Å². The Balaban J connectivity index is 2.06. The lowest BCUT2D eigenvalue weighted by Gasteiger charge is -2.11. The van der Waals surface area contributed by atoms with Crippen LogP contribution < -0.4 is 0 Å². The molecule has 0 aromatic heterocycles. The second-order valence-corrected chi connectivity index (χ2v) is 2.07. The highest BCUT2D eigenvalue weighted by Crippen LogP contribution is 2.04. The van der Waals surface area contributed by atoms with Crippen LogP contribution in [0.3, 0.4) is 0 Å². The molecule has 47 valence electrons. The van der Waals surface area contributed by atoms with Gasteiger partial charge in [-0.15, -0.1) is 0 Å². The summed E-state index contributed by atoms with van der Waals surface area (Å²) in [5, 5.41) is 0. The first-order chi connectivity index (χ1) is 3.93. The number of ether oxygens (including phenoxy) is 1. The average Bonchev–Trinajstić information content (AvgIpc) is 2.19. The molecule has 0 bridgehead atoms. The Hall–Kier alpha value is -0.0800. The molecule has 0 N–H and O–H groups in total. The van der Waals surface area contributed by atoms with Crippen molar-refractivity contribution < 1.29 is 4.74 Å². The third-order valence-corrected chi connectivity index (χ3v) is 1.35. The van der Waals surface area contributed by atoms with Crippen LogP contribution in [0.25, 0.3) is 0 Å². The molecular formula is C6H12NO. The summed E-state index contributed by atoms with van der Waals surface area (Å²) < 4.78 is 4.93. The van der Waals surface area contributed by atoms with Gasteiger partial charge < -0.3 is 4.74 Å². The van der Waals surface area contributed by atoms with E-state index >= 15 is 0 Å². The molecule has 0 atom stereocenters. The van der Waals surface area contributed by atoms with Crippen LogP contribution in [-0.2, 0) is 4.74 Å². The summed E-state index contributed by atoms with van der Waals surface area (Å²) in [5.74, 6) is 0. The van der Waals surface area contributed by atoms with Crippen molar-refractivity contribution >= 4 is 0 Å². The molecule has 0 aliphatic carbocycles.